The summed E-state index contributed by atoms with van der Waals surface area (Å²) in [6.07, 6.45) is 3.94. The second kappa shape index (κ2) is 5.09. The highest BCUT2D eigenvalue weighted by atomic mass is 19.1. The van der Waals surface area contributed by atoms with Crippen molar-refractivity contribution in [1.29, 1.82) is 0 Å². The van der Waals surface area contributed by atoms with Crippen molar-refractivity contribution in [2.24, 2.45) is 0 Å². The van der Waals surface area contributed by atoms with Crippen LogP contribution in [0.1, 0.15) is 22.5 Å². The minimum atomic E-state index is -0.386. The van der Waals surface area contributed by atoms with Gasteiger partial charge in [0, 0.05) is 24.7 Å². The molecule has 1 unspecified atom stereocenters. The molecule has 2 aromatic rings. The van der Waals surface area contributed by atoms with E-state index in [-0.39, 0.29) is 17.1 Å². The van der Waals surface area contributed by atoms with Crippen LogP contribution in [-0.2, 0) is 5.41 Å². The van der Waals surface area contributed by atoms with E-state index in [0.29, 0.717) is 17.8 Å². The molecule has 4 rings (SSSR count). The Balaban J connectivity index is 1.86. The Morgan fingerprint density at radius 2 is 2.09 bits per heavy atom. The van der Waals surface area contributed by atoms with Crippen LogP contribution in [0.3, 0.4) is 0 Å². The molecule has 1 spiro atoms. The Morgan fingerprint density at radius 1 is 1.26 bits per heavy atom. The first-order valence-electron chi connectivity index (χ1n) is 7.66. The number of nitrogens with zero attached hydrogens (tertiary/aromatic N) is 4. The van der Waals surface area contributed by atoms with Gasteiger partial charge in [-0.2, -0.15) is 0 Å². The smallest absolute Gasteiger partial charge is 0.261 e. The molecule has 23 heavy (non-hydrogen) atoms. The van der Waals surface area contributed by atoms with Gasteiger partial charge in [0.15, 0.2) is 0 Å². The zero-order valence-corrected chi connectivity index (χ0v) is 12.9. The maximum absolute atomic E-state index is 14.2. The van der Waals surface area contributed by atoms with Crippen molar-refractivity contribution in [3.8, 4) is 0 Å². The minimum Gasteiger partial charge on any atom is -0.305 e. The van der Waals surface area contributed by atoms with Crippen molar-refractivity contribution >= 4 is 11.6 Å². The molecule has 2 aliphatic rings. The first-order valence-corrected chi connectivity index (χ1v) is 7.66. The molecule has 2 aliphatic heterocycles. The number of likely N-dealkylation sites (N-methyl/N-ethyl adjacent to an activating group) is 1. The van der Waals surface area contributed by atoms with Crippen LogP contribution in [0.15, 0.2) is 36.8 Å². The van der Waals surface area contributed by atoms with E-state index in [4.69, 9.17) is 0 Å². The molecule has 0 bridgehead atoms. The summed E-state index contributed by atoms with van der Waals surface area (Å²) < 4.78 is 14.2. The fourth-order valence-corrected chi connectivity index (χ4v) is 3.77. The number of hydrogen-bond acceptors (Lipinski definition) is 4. The maximum atomic E-state index is 14.2. The number of fused-ring (bicyclic) bond motifs is 2. The lowest BCUT2D eigenvalue weighted by atomic mass is 9.77. The number of amides is 1. The lowest BCUT2D eigenvalue weighted by molar-refractivity contribution is 0.0962. The third kappa shape index (κ3) is 2.13. The maximum Gasteiger partial charge on any atom is 0.261 e. The standard InChI is InChI=1S/C17H17FN4O/c1-21-7-6-17(9-21)10-22(14-5-3-2-4-13(14)18)16(23)12-8-19-11-20-15(12)17/h2-5,8,11H,6-7,9-10H2,1H3. The predicted molar refractivity (Wildman–Crippen MR) is 83.9 cm³/mol. The van der Waals surface area contributed by atoms with E-state index < -0.39 is 0 Å². The van der Waals surface area contributed by atoms with E-state index in [1.54, 1.807) is 29.3 Å². The summed E-state index contributed by atoms with van der Waals surface area (Å²) in [5, 5.41) is 0. The third-order valence-corrected chi connectivity index (χ3v) is 4.84. The number of carbonyl (C=O) groups excluding carboxylic acids is 1. The minimum absolute atomic E-state index is 0.231. The van der Waals surface area contributed by atoms with Gasteiger partial charge in [-0.3, -0.25) is 4.79 Å². The summed E-state index contributed by atoms with van der Waals surface area (Å²) in [6, 6.07) is 6.40. The fraction of sp³-hybridized carbons (Fsp3) is 0.353. The van der Waals surface area contributed by atoms with E-state index in [2.05, 4.69) is 21.9 Å². The van der Waals surface area contributed by atoms with Gasteiger partial charge < -0.3 is 9.80 Å². The number of rotatable bonds is 1. The molecule has 1 aromatic carbocycles. The van der Waals surface area contributed by atoms with Crippen LogP contribution in [0.5, 0.6) is 0 Å². The molecule has 5 nitrogen and oxygen atoms in total. The fourth-order valence-electron chi connectivity index (χ4n) is 3.77. The van der Waals surface area contributed by atoms with Crippen LogP contribution < -0.4 is 4.90 Å². The lowest BCUT2D eigenvalue weighted by Gasteiger charge is -2.40. The van der Waals surface area contributed by atoms with Crippen LogP contribution in [-0.4, -0.2) is 47.5 Å². The first kappa shape index (κ1) is 14.3. The summed E-state index contributed by atoms with van der Waals surface area (Å²) in [5.74, 6) is -0.617. The number of benzene rings is 1. The SMILES string of the molecule is CN1CCC2(C1)CN(c1ccccc1F)C(=O)c1cncnc12. The predicted octanol–water partition coefficient (Wildman–Crippen LogP) is 1.85. The quantitative estimate of drug-likeness (QED) is 0.806. The zero-order chi connectivity index (χ0) is 16.0. The number of aromatic nitrogens is 2. The van der Waals surface area contributed by atoms with Crippen LogP contribution in [0.2, 0.25) is 0 Å². The van der Waals surface area contributed by atoms with Gasteiger partial charge in [0.25, 0.3) is 5.91 Å². The monoisotopic (exact) mass is 312 g/mol. The van der Waals surface area contributed by atoms with Crippen molar-refractivity contribution < 1.29 is 9.18 Å². The Bertz CT molecular complexity index is 781. The summed E-state index contributed by atoms with van der Waals surface area (Å²) >= 11 is 0. The summed E-state index contributed by atoms with van der Waals surface area (Å²) in [7, 11) is 2.06. The normalized spacial score (nSPS) is 24.3. The summed E-state index contributed by atoms with van der Waals surface area (Å²) in [6.45, 7) is 2.18. The molecule has 1 fully saturated rings. The molecule has 118 valence electrons. The molecule has 1 atom stereocenters. The van der Waals surface area contributed by atoms with Crippen LogP contribution in [0, 0.1) is 5.82 Å². The van der Waals surface area contributed by atoms with Gasteiger partial charge in [0.05, 0.1) is 16.9 Å². The van der Waals surface area contributed by atoms with Crippen LogP contribution in [0.4, 0.5) is 10.1 Å². The number of anilines is 1. The number of hydrogen-bond donors (Lipinski definition) is 0. The lowest BCUT2D eigenvalue weighted by Crippen LogP contribution is -2.51. The molecule has 0 saturated carbocycles. The van der Waals surface area contributed by atoms with Crippen LogP contribution >= 0.6 is 0 Å². The topological polar surface area (TPSA) is 49.3 Å². The van der Waals surface area contributed by atoms with E-state index in [1.165, 1.54) is 12.4 Å². The average molecular weight is 312 g/mol. The Hall–Kier alpha value is -2.34. The van der Waals surface area contributed by atoms with Crippen LogP contribution in [0.25, 0.3) is 0 Å². The van der Waals surface area contributed by atoms with Gasteiger partial charge in [0.2, 0.25) is 0 Å². The number of para-hydroxylation sites is 1. The molecule has 1 saturated heterocycles. The Kier molecular flexibility index (Phi) is 3.16. The molecule has 0 aliphatic carbocycles. The van der Waals surface area contributed by atoms with E-state index in [0.717, 1.165) is 25.2 Å². The molecule has 1 amide bonds. The first-order chi connectivity index (χ1) is 11.1. The zero-order valence-electron chi connectivity index (χ0n) is 12.9. The second-order valence-electron chi connectivity index (χ2n) is 6.40. The second-order valence-corrected chi connectivity index (χ2v) is 6.40. The number of carbonyl (C=O) groups is 1. The number of likely N-dealkylation sites (tertiary alicyclic amines) is 1. The molecule has 6 heteroatoms. The van der Waals surface area contributed by atoms with Crippen molar-refractivity contribution in [1.82, 2.24) is 14.9 Å². The molecule has 3 heterocycles. The van der Waals surface area contributed by atoms with Crippen molar-refractivity contribution in [2.45, 2.75) is 11.8 Å². The van der Waals surface area contributed by atoms with Gasteiger partial charge in [-0.1, -0.05) is 12.1 Å². The van der Waals surface area contributed by atoms with E-state index in [9.17, 15) is 9.18 Å². The molecular formula is C17H17FN4O. The molecule has 0 radical (unpaired) electrons. The van der Waals surface area contributed by atoms with E-state index >= 15 is 0 Å². The highest BCUT2D eigenvalue weighted by molar-refractivity contribution is 6.08. The van der Waals surface area contributed by atoms with Gasteiger partial charge in [-0.05, 0) is 32.1 Å². The Morgan fingerprint density at radius 3 is 2.83 bits per heavy atom. The van der Waals surface area contributed by atoms with E-state index in [1.807, 2.05) is 0 Å². The van der Waals surface area contributed by atoms with Crippen molar-refractivity contribution in [3.63, 3.8) is 0 Å². The third-order valence-electron chi connectivity index (χ3n) is 4.84. The van der Waals surface area contributed by atoms with Gasteiger partial charge in [-0.15, -0.1) is 0 Å². The molecule has 0 N–H and O–H groups in total. The Labute approximate surface area is 133 Å². The highest BCUT2D eigenvalue weighted by Crippen LogP contribution is 2.40. The van der Waals surface area contributed by atoms with Gasteiger partial charge >= 0.3 is 0 Å². The largest absolute Gasteiger partial charge is 0.305 e. The van der Waals surface area contributed by atoms with Gasteiger partial charge in [-0.25, -0.2) is 14.4 Å². The molecule has 1 aromatic heterocycles. The average Bonchev–Trinajstić information content (AvgIpc) is 2.94. The van der Waals surface area contributed by atoms with Crippen molar-refractivity contribution in [3.05, 3.63) is 53.9 Å². The van der Waals surface area contributed by atoms with Crippen molar-refractivity contribution in [2.75, 3.05) is 31.6 Å². The van der Waals surface area contributed by atoms with Gasteiger partial charge in [0.1, 0.15) is 12.1 Å². The summed E-state index contributed by atoms with van der Waals surface area (Å²) in [4.78, 5) is 25.0. The molecular weight excluding hydrogens is 295 g/mol. The highest BCUT2D eigenvalue weighted by Gasteiger charge is 2.48. The number of halogens is 1. The summed E-state index contributed by atoms with van der Waals surface area (Å²) in [5.41, 5.74) is 1.34.